The fourth-order valence-corrected chi connectivity index (χ4v) is 12.5. The van der Waals surface area contributed by atoms with E-state index in [2.05, 4.69) is 13.8 Å². The Morgan fingerprint density at radius 3 is 2.18 bits per heavy atom. The second-order valence-electron chi connectivity index (χ2n) is 18.2. The fraction of sp³-hybridized carbons (Fsp3) is 0.919. The highest BCUT2D eigenvalue weighted by atomic mass is 16.7. The number of carbonyl (C=O) groups excluding carboxylic acids is 2. The van der Waals surface area contributed by atoms with E-state index < -0.39 is 77.1 Å². The van der Waals surface area contributed by atoms with Crippen molar-refractivity contribution in [1.82, 2.24) is 0 Å². The summed E-state index contributed by atoms with van der Waals surface area (Å²) in [5.74, 6) is -2.85. The largest absolute Gasteiger partial charge is 0.481 e. The zero-order valence-corrected chi connectivity index (χ0v) is 30.3. The molecule has 2 saturated heterocycles. The van der Waals surface area contributed by atoms with Crippen LogP contribution in [0, 0.1) is 50.7 Å². The Bertz CT molecular complexity index is 1340. The van der Waals surface area contributed by atoms with Crippen LogP contribution in [-0.2, 0) is 33.3 Å². The summed E-state index contributed by atoms with van der Waals surface area (Å²) in [6.07, 6.45) is -1.44. The fourth-order valence-electron chi connectivity index (χ4n) is 12.5. The molecular weight excluding hydrogens is 636 g/mol. The maximum absolute atomic E-state index is 14.1. The number of hydrogen-bond acceptors (Lipinski definition) is 11. The van der Waals surface area contributed by atoms with Crippen molar-refractivity contribution in [3.63, 3.8) is 0 Å². The molecule has 6 fully saturated rings. The van der Waals surface area contributed by atoms with Crippen LogP contribution in [0.2, 0.25) is 0 Å². The summed E-state index contributed by atoms with van der Waals surface area (Å²) in [4.78, 5) is 39.7. The molecule has 1 unspecified atom stereocenters. The van der Waals surface area contributed by atoms with Crippen LogP contribution in [0.1, 0.15) is 107 Å². The quantitative estimate of drug-likeness (QED) is 0.194. The third-order valence-electron chi connectivity index (χ3n) is 15.0. The standard InChI is InChI=1S/C37H58O12/c1-18-15-21(28(33(5,6)45)47-19(2)38)48-29(42)25(18)34(7)13-14-37-17-36(37)12-11-24(49-30-27(41)26(40)20(39)16-46-30)32(3,4)22(36)9-10-23(37)35(34,8)31(43)44/h18,20-28,30,39-41,45H,9-17H2,1-8H3,(H,43,44)/t18-,20-,21-,22?,23+,24+,25+,26+,27-,28-,30+,34-,35-,36-,37+/m1/s1. The topological polar surface area (TPSA) is 189 Å². The van der Waals surface area contributed by atoms with E-state index in [1.54, 1.807) is 0 Å². The van der Waals surface area contributed by atoms with Gasteiger partial charge in [-0.05, 0) is 112 Å². The molecule has 278 valence electrons. The summed E-state index contributed by atoms with van der Waals surface area (Å²) >= 11 is 0. The minimum atomic E-state index is -1.45. The Kier molecular flexibility index (Phi) is 8.93. The monoisotopic (exact) mass is 694 g/mol. The van der Waals surface area contributed by atoms with Crippen LogP contribution in [0.4, 0.5) is 0 Å². The first-order valence-corrected chi connectivity index (χ1v) is 18.2. The number of aliphatic hydroxyl groups excluding tert-OH is 3. The lowest BCUT2D eigenvalue weighted by molar-refractivity contribution is -0.303. The summed E-state index contributed by atoms with van der Waals surface area (Å²) in [5, 5.41) is 52.8. The molecule has 15 atom stereocenters. The van der Waals surface area contributed by atoms with E-state index in [1.807, 2.05) is 20.8 Å². The number of carboxylic acids is 1. The van der Waals surface area contributed by atoms with Gasteiger partial charge in [0.1, 0.15) is 24.4 Å². The van der Waals surface area contributed by atoms with Crippen molar-refractivity contribution < 1.29 is 58.9 Å². The zero-order valence-electron chi connectivity index (χ0n) is 30.3. The van der Waals surface area contributed by atoms with Gasteiger partial charge in [-0.15, -0.1) is 0 Å². The molecule has 6 aliphatic rings. The predicted octanol–water partition coefficient (Wildman–Crippen LogP) is 3.19. The molecule has 4 saturated carbocycles. The minimum Gasteiger partial charge on any atom is -0.481 e. The smallest absolute Gasteiger partial charge is 0.310 e. The zero-order chi connectivity index (χ0) is 36.3. The van der Waals surface area contributed by atoms with Gasteiger partial charge in [0.15, 0.2) is 12.4 Å². The second kappa shape index (κ2) is 11.8. The minimum absolute atomic E-state index is 0.0627. The maximum atomic E-state index is 14.1. The number of cyclic esters (lactones) is 1. The number of ether oxygens (including phenoxy) is 4. The van der Waals surface area contributed by atoms with E-state index >= 15 is 0 Å². The van der Waals surface area contributed by atoms with Gasteiger partial charge >= 0.3 is 17.9 Å². The summed E-state index contributed by atoms with van der Waals surface area (Å²) in [6.45, 7) is 14.3. The van der Waals surface area contributed by atoms with Gasteiger partial charge in [-0.2, -0.15) is 0 Å². The van der Waals surface area contributed by atoms with E-state index in [4.69, 9.17) is 18.9 Å². The Morgan fingerprint density at radius 1 is 0.959 bits per heavy atom. The molecule has 5 N–H and O–H groups in total. The number of carboxylic acid groups (broad SMARTS) is 1. The Morgan fingerprint density at radius 2 is 1.59 bits per heavy atom. The lowest BCUT2D eigenvalue weighted by Gasteiger charge is -2.64. The summed E-state index contributed by atoms with van der Waals surface area (Å²) in [6, 6.07) is 0. The Hall–Kier alpha value is -1.83. The van der Waals surface area contributed by atoms with Crippen LogP contribution in [0.5, 0.6) is 0 Å². The maximum Gasteiger partial charge on any atom is 0.310 e. The predicted molar refractivity (Wildman–Crippen MR) is 173 cm³/mol. The molecule has 2 aliphatic heterocycles. The first kappa shape index (κ1) is 36.9. The van der Waals surface area contributed by atoms with E-state index in [9.17, 15) is 39.9 Å². The normalized spacial score (nSPS) is 49.8. The van der Waals surface area contributed by atoms with Crippen molar-refractivity contribution in [2.24, 2.45) is 50.7 Å². The van der Waals surface area contributed by atoms with Gasteiger partial charge in [0.2, 0.25) is 0 Å². The van der Waals surface area contributed by atoms with Crippen LogP contribution in [-0.4, -0.2) is 98.6 Å². The van der Waals surface area contributed by atoms with Gasteiger partial charge in [0.05, 0.1) is 29.6 Å². The average molecular weight is 695 g/mol. The number of esters is 2. The van der Waals surface area contributed by atoms with Gasteiger partial charge in [-0.25, -0.2) is 0 Å². The molecule has 4 aliphatic carbocycles. The van der Waals surface area contributed by atoms with Gasteiger partial charge in [0.25, 0.3) is 0 Å². The van der Waals surface area contributed by atoms with Crippen molar-refractivity contribution >= 4 is 17.9 Å². The van der Waals surface area contributed by atoms with Crippen LogP contribution in [0.3, 0.4) is 0 Å². The first-order chi connectivity index (χ1) is 22.6. The highest BCUT2D eigenvalue weighted by Crippen LogP contribution is 2.88. The van der Waals surface area contributed by atoms with Gasteiger partial charge < -0.3 is 44.5 Å². The van der Waals surface area contributed by atoms with Crippen LogP contribution < -0.4 is 0 Å². The molecule has 2 heterocycles. The van der Waals surface area contributed by atoms with Crippen LogP contribution in [0.15, 0.2) is 0 Å². The highest BCUT2D eigenvalue weighted by molar-refractivity contribution is 5.81. The average Bonchev–Trinajstić information content (AvgIpc) is 3.66. The Labute approximate surface area is 289 Å². The number of hydrogen-bond donors (Lipinski definition) is 5. The Balaban J connectivity index is 1.25. The molecule has 0 bridgehead atoms. The van der Waals surface area contributed by atoms with Crippen LogP contribution in [0.25, 0.3) is 0 Å². The molecule has 49 heavy (non-hydrogen) atoms. The van der Waals surface area contributed by atoms with Crippen molar-refractivity contribution in [3.05, 3.63) is 0 Å². The SMILES string of the molecule is CC(=O)O[C@H]([C@H]1C[C@@H](C)[C@H]([C@@]2(C)CC[C@@]34C[C@@]35CC[C@H](O[C@@H]3OC[C@@H](O)[C@H](O)[C@H]3O)C(C)(C)C5CC[C@H]4[C@]2(C)C(=O)O)C(=O)O1)C(C)(C)O. The molecule has 2 spiro atoms. The summed E-state index contributed by atoms with van der Waals surface area (Å²) < 4.78 is 23.4. The van der Waals surface area contributed by atoms with E-state index in [0.717, 1.165) is 25.7 Å². The molecule has 0 amide bonds. The molecule has 0 aromatic heterocycles. The molecule has 0 radical (unpaired) electrons. The lowest BCUT2D eigenvalue weighted by atomic mass is 9.39. The number of aliphatic hydroxyl groups is 4. The summed E-state index contributed by atoms with van der Waals surface area (Å²) in [5.41, 5.74) is -4.15. The molecule has 0 aromatic rings. The van der Waals surface area contributed by atoms with E-state index in [0.29, 0.717) is 25.7 Å². The molecule has 6 rings (SSSR count). The van der Waals surface area contributed by atoms with E-state index in [1.165, 1.54) is 20.8 Å². The number of rotatable bonds is 7. The van der Waals surface area contributed by atoms with Crippen molar-refractivity contribution in [3.8, 4) is 0 Å². The molecular formula is C37H58O12. The number of aliphatic carboxylic acids is 1. The van der Waals surface area contributed by atoms with Gasteiger partial charge in [0, 0.05) is 6.92 Å². The lowest BCUT2D eigenvalue weighted by Crippen LogP contribution is -2.65. The second-order valence-corrected chi connectivity index (χ2v) is 18.2. The molecule has 12 heteroatoms. The first-order valence-electron chi connectivity index (χ1n) is 18.2. The number of carbonyl (C=O) groups is 3. The third-order valence-corrected chi connectivity index (χ3v) is 15.0. The molecule has 12 nitrogen and oxygen atoms in total. The summed E-state index contributed by atoms with van der Waals surface area (Å²) in [7, 11) is 0. The third kappa shape index (κ3) is 5.24. The van der Waals surface area contributed by atoms with Gasteiger partial charge in [-0.3, -0.25) is 14.4 Å². The van der Waals surface area contributed by atoms with Crippen molar-refractivity contribution in [2.75, 3.05) is 6.61 Å². The van der Waals surface area contributed by atoms with Crippen molar-refractivity contribution in [2.45, 2.75) is 155 Å². The van der Waals surface area contributed by atoms with E-state index in [-0.39, 0.29) is 46.7 Å². The van der Waals surface area contributed by atoms with Crippen LogP contribution >= 0.6 is 0 Å². The highest BCUT2D eigenvalue weighted by Gasteiger charge is 2.83. The van der Waals surface area contributed by atoms with Gasteiger partial charge in [-0.1, -0.05) is 27.7 Å². The van der Waals surface area contributed by atoms with Crippen molar-refractivity contribution in [1.29, 1.82) is 0 Å². The molecule has 0 aromatic carbocycles.